The first-order valence-electron chi connectivity index (χ1n) is 8.92. The summed E-state index contributed by atoms with van der Waals surface area (Å²) in [6.45, 7) is 4.68. The van der Waals surface area contributed by atoms with E-state index in [-0.39, 0.29) is 22.1 Å². The van der Waals surface area contributed by atoms with Crippen molar-refractivity contribution < 1.29 is 13.2 Å². The van der Waals surface area contributed by atoms with E-state index < -0.39 is 10.0 Å². The summed E-state index contributed by atoms with van der Waals surface area (Å²) in [7, 11) is -3.72. The molecule has 1 aliphatic carbocycles. The van der Waals surface area contributed by atoms with Crippen LogP contribution in [0.25, 0.3) is 0 Å². The van der Waals surface area contributed by atoms with Crippen molar-refractivity contribution in [3.05, 3.63) is 52.5 Å². The number of hydrogen-bond acceptors (Lipinski definition) is 3. The highest BCUT2D eigenvalue weighted by molar-refractivity contribution is 9.10. The van der Waals surface area contributed by atoms with Crippen LogP contribution in [0.5, 0.6) is 0 Å². The predicted molar refractivity (Wildman–Crippen MR) is 109 cm³/mol. The minimum absolute atomic E-state index is 0.133. The average Bonchev–Trinajstić information content (AvgIpc) is 3.40. The van der Waals surface area contributed by atoms with E-state index in [1.165, 1.54) is 0 Å². The summed E-state index contributed by atoms with van der Waals surface area (Å²) in [4.78, 5) is 14.6. The second-order valence-electron chi connectivity index (χ2n) is 7.88. The van der Waals surface area contributed by atoms with Crippen molar-refractivity contribution in [2.45, 2.75) is 37.0 Å². The third kappa shape index (κ3) is 3.50. The number of hydrogen-bond donors (Lipinski definition) is 1. The van der Waals surface area contributed by atoms with Gasteiger partial charge in [-0.25, -0.2) is 8.42 Å². The highest BCUT2D eigenvalue weighted by atomic mass is 79.9. The van der Waals surface area contributed by atoms with Gasteiger partial charge in [-0.1, -0.05) is 35.8 Å². The van der Waals surface area contributed by atoms with E-state index in [1.807, 2.05) is 24.8 Å². The van der Waals surface area contributed by atoms with Crippen LogP contribution < -0.4 is 9.62 Å². The third-order valence-corrected chi connectivity index (χ3v) is 6.99. The van der Waals surface area contributed by atoms with Crippen LogP contribution in [-0.4, -0.2) is 20.9 Å². The molecule has 0 aromatic heterocycles. The molecule has 1 aliphatic heterocycles. The molecule has 0 atom stereocenters. The molecule has 0 bridgehead atoms. The Morgan fingerprint density at radius 2 is 1.93 bits per heavy atom. The van der Waals surface area contributed by atoms with Crippen molar-refractivity contribution in [3.63, 3.8) is 0 Å². The number of anilines is 2. The molecule has 142 valence electrons. The summed E-state index contributed by atoms with van der Waals surface area (Å²) in [5.74, 6) is 0.290. The monoisotopic (exact) mass is 448 g/mol. The molecule has 1 amide bonds. The molecule has 1 saturated carbocycles. The molecule has 4 rings (SSSR count). The van der Waals surface area contributed by atoms with E-state index >= 15 is 0 Å². The molecule has 0 saturated heterocycles. The molecule has 2 aliphatic rings. The Bertz CT molecular complexity index is 1030. The first kappa shape index (κ1) is 18.5. The lowest BCUT2D eigenvalue weighted by atomic mass is 9.87. The Hall–Kier alpha value is -1.86. The number of amides is 1. The highest BCUT2D eigenvalue weighted by Gasteiger charge is 2.43. The van der Waals surface area contributed by atoms with Gasteiger partial charge in [-0.15, -0.1) is 0 Å². The highest BCUT2D eigenvalue weighted by Crippen LogP contribution is 2.44. The Morgan fingerprint density at radius 3 is 2.59 bits per heavy atom. The number of carbonyl (C=O) groups excluding carboxylic acids is 1. The van der Waals surface area contributed by atoms with Gasteiger partial charge in [-0.3, -0.25) is 9.52 Å². The fraction of sp³-hybridized carbons (Fsp3) is 0.350. The lowest BCUT2D eigenvalue weighted by Crippen LogP contribution is -2.34. The summed E-state index contributed by atoms with van der Waals surface area (Å²) in [5.41, 5.74) is 1.93. The van der Waals surface area contributed by atoms with Crippen LogP contribution in [0, 0.1) is 5.92 Å². The number of sulfonamides is 1. The number of rotatable bonds is 4. The van der Waals surface area contributed by atoms with Crippen LogP contribution in [-0.2, 0) is 20.2 Å². The fourth-order valence-electron chi connectivity index (χ4n) is 3.54. The summed E-state index contributed by atoms with van der Waals surface area (Å²) < 4.78 is 29.1. The van der Waals surface area contributed by atoms with Crippen molar-refractivity contribution in [1.82, 2.24) is 0 Å². The Kier molecular flexibility index (Phi) is 4.35. The van der Waals surface area contributed by atoms with Crippen molar-refractivity contribution in [2.75, 3.05) is 16.2 Å². The van der Waals surface area contributed by atoms with E-state index in [9.17, 15) is 13.2 Å². The number of carbonyl (C=O) groups is 1. The first-order chi connectivity index (χ1) is 12.7. The van der Waals surface area contributed by atoms with Crippen LogP contribution in [0.2, 0.25) is 0 Å². The Labute approximate surface area is 167 Å². The second-order valence-corrected chi connectivity index (χ2v) is 10.5. The molecule has 1 N–H and O–H groups in total. The summed E-state index contributed by atoms with van der Waals surface area (Å²) >= 11 is 3.35. The van der Waals surface area contributed by atoms with Crippen LogP contribution in [0.15, 0.2) is 51.8 Å². The zero-order valence-electron chi connectivity index (χ0n) is 15.2. The zero-order valence-corrected chi connectivity index (χ0v) is 17.6. The third-order valence-electron chi connectivity index (χ3n) is 5.12. The number of nitrogens with zero attached hydrogens (tertiary/aromatic N) is 1. The van der Waals surface area contributed by atoms with Gasteiger partial charge in [0.2, 0.25) is 5.91 Å². The minimum Gasteiger partial charge on any atom is -0.311 e. The van der Waals surface area contributed by atoms with Gasteiger partial charge in [0.25, 0.3) is 10.0 Å². The minimum atomic E-state index is -3.72. The topological polar surface area (TPSA) is 66.5 Å². The molecular weight excluding hydrogens is 428 g/mol. The summed E-state index contributed by atoms with van der Waals surface area (Å²) in [5, 5.41) is 0. The van der Waals surface area contributed by atoms with Gasteiger partial charge in [-0.2, -0.15) is 0 Å². The SMILES string of the molecule is CC1(C)CN(C(=O)C2CC2)c2ccc(S(=O)(=O)Nc3cccc(Br)c3)cc21. The van der Waals surface area contributed by atoms with E-state index in [1.54, 1.807) is 36.4 Å². The van der Waals surface area contributed by atoms with E-state index in [4.69, 9.17) is 0 Å². The van der Waals surface area contributed by atoms with Gasteiger partial charge in [0, 0.05) is 33.7 Å². The Morgan fingerprint density at radius 1 is 1.19 bits per heavy atom. The lowest BCUT2D eigenvalue weighted by Gasteiger charge is -2.20. The smallest absolute Gasteiger partial charge is 0.261 e. The van der Waals surface area contributed by atoms with E-state index in [0.29, 0.717) is 12.2 Å². The molecule has 27 heavy (non-hydrogen) atoms. The molecule has 0 radical (unpaired) electrons. The number of nitrogens with one attached hydrogen (secondary N) is 1. The van der Waals surface area contributed by atoms with E-state index in [2.05, 4.69) is 20.7 Å². The molecule has 1 fully saturated rings. The maximum absolute atomic E-state index is 12.9. The summed E-state index contributed by atoms with van der Waals surface area (Å²) in [6, 6.07) is 12.1. The molecule has 2 aromatic carbocycles. The van der Waals surface area contributed by atoms with Gasteiger partial charge in [0.15, 0.2) is 0 Å². The van der Waals surface area contributed by atoms with Crippen LogP contribution >= 0.6 is 15.9 Å². The van der Waals surface area contributed by atoms with E-state index in [0.717, 1.165) is 28.6 Å². The average molecular weight is 449 g/mol. The molecule has 0 unspecified atom stereocenters. The van der Waals surface area contributed by atoms with Gasteiger partial charge in [0.1, 0.15) is 0 Å². The number of fused-ring (bicyclic) bond motifs is 1. The van der Waals surface area contributed by atoms with Crippen LogP contribution in [0.1, 0.15) is 32.3 Å². The molecular formula is C20H21BrN2O3S. The van der Waals surface area contributed by atoms with Crippen molar-refractivity contribution in [1.29, 1.82) is 0 Å². The predicted octanol–water partition coefficient (Wildman–Crippen LogP) is 4.28. The molecule has 2 aromatic rings. The first-order valence-corrected chi connectivity index (χ1v) is 11.2. The lowest BCUT2D eigenvalue weighted by molar-refractivity contribution is -0.119. The summed E-state index contributed by atoms with van der Waals surface area (Å²) in [6.07, 6.45) is 1.90. The molecule has 7 heteroatoms. The van der Waals surface area contributed by atoms with Crippen LogP contribution in [0.4, 0.5) is 11.4 Å². The van der Waals surface area contributed by atoms with Crippen LogP contribution in [0.3, 0.4) is 0 Å². The molecule has 1 heterocycles. The molecule has 5 nitrogen and oxygen atoms in total. The molecule has 0 spiro atoms. The van der Waals surface area contributed by atoms with Gasteiger partial charge in [0.05, 0.1) is 4.90 Å². The standard InChI is InChI=1S/C20H21BrN2O3S/c1-20(2)12-23(19(24)13-6-7-13)18-9-8-16(11-17(18)20)27(25,26)22-15-5-3-4-14(21)10-15/h3-5,8-11,13,22H,6-7,12H2,1-2H3. The quantitative estimate of drug-likeness (QED) is 0.758. The van der Waals surface area contributed by atoms with Crippen molar-refractivity contribution in [3.8, 4) is 0 Å². The van der Waals surface area contributed by atoms with Gasteiger partial charge in [-0.05, 0) is 54.8 Å². The maximum atomic E-state index is 12.9. The largest absolute Gasteiger partial charge is 0.311 e. The van der Waals surface area contributed by atoms with Gasteiger partial charge >= 0.3 is 0 Å². The number of halogens is 1. The fourth-order valence-corrected chi connectivity index (χ4v) is 5.01. The van der Waals surface area contributed by atoms with Crippen molar-refractivity contribution >= 4 is 43.2 Å². The number of benzene rings is 2. The normalized spacial score (nSPS) is 18.3. The van der Waals surface area contributed by atoms with Gasteiger partial charge < -0.3 is 4.90 Å². The Balaban J connectivity index is 1.68. The second kappa shape index (κ2) is 6.34. The zero-order chi connectivity index (χ0) is 19.4. The maximum Gasteiger partial charge on any atom is 0.261 e. The van der Waals surface area contributed by atoms with Crippen molar-refractivity contribution in [2.24, 2.45) is 5.92 Å².